The first-order chi connectivity index (χ1) is 16.8. The third-order valence-corrected chi connectivity index (χ3v) is 7.67. The van der Waals surface area contributed by atoms with Crippen LogP contribution in [0.1, 0.15) is 55.1 Å². The fraction of sp³-hybridized carbons (Fsp3) is 0.542. The molecule has 1 aromatic carbocycles. The molecule has 0 unspecified atom stereocenters. The fourth-order valence-electron chi connectivity index (χ4n) is 5.03. The van der Waals surface area contributed by atoms with Crippen molar-refractivity contribution in [3.05, 3.63) is 51.6 Å². The number of carboxylic acids is 1. The van der Waals surface area contributed by atoms with Gasteiger partial charge in [-0.3, -0.25) is 9.48 Å². The quantitative estimate of drug-likeness (QED) is 0.552. The molecular weight excluding hydrogens is 504 g/mol. The molecule has 4 rings (SSSR count). The number of alkyl halides is 3. The third kappa shape index (κ3) is 5.02. The highest BCUT2D eigenvalue weighted by Gasteiger charge is 2.43. The number of benzene rings is 1. The molecule has 0 atom stereocenters. The second-order valence-electron chi connectivity index (χ2n) is 9.83. The number of carboxylic acid groups (broad SMARTS) is 1. The summed E-state index contributed by atoms with van der Waals surface area (Å²) < 4.78 is 56.6. The van der Waals surface area contributed by atoms with Crippen LogP contribution in [0.4, 0.5) is 22.4 Å². The number of hydrogen-bond donors (Lipinski definition) is 1. The monoisotopic (exact) mass is 530 g/mol. The number of rotatable bonds is 4. The van der Waals surface area contributed by atoms with Gasteiger partial charge in [0.1, 0.15) is 5.82 Å². The van der Waals surface area contributed by atoms with Gasteiger partial charge in [0.05, 0.1) is 24.2 Å². The van der Waals surface area contributed by atoms with Crippen molar-refractivity contribution in [2.75, 3.05) is 13.6 Å². The lowest BCUT2D eigenvalue weighted by Gasteiger charge is -2.40. The first-order valence-electron chi connectivity index (χ1n) is 11.6. The van der Waals surface area contributed by atoms with Crippen LogP contribution in [-0.2, 0) is 30.5 Å². The van der Waals surface area contributed by atoms with E-state index in [1.807, 2.05) is 0 Å². The second-order valence-corrected chi connectivity index (χ2v) is 10.3. The van der Waals surface area contributed by atoms with Gasteiger partial charge in [-0.05, 0) is 51.2 Å². The number of aromatic nitrogens is 2. The summed E-state index contributed by atoms with van der Waals surface area (Å²) in [5, 5.41) is 13.4. The molecule has 1 aliphatic carbocycles. The molecule has 0 saturated heterocycles. The van der Waals surface area contributed by atoms with Crippen molar-refractivity contribution in [3.8, 4) is 0 Å². The van der Waals surface area contributed by atoms with Gasteiger partial charge in [-0.25, -0.2) is 9.18 Å². The molecule has 1 fully saturated rings. The maximum Gasteiger partial charge on any atom is 0.435 e. The molecule has 196 valence electrons. The minimum Gasteiger partial charge on any atom is -0.481 e. The molecule has 12 heteroatoms. The zero-order valence-electron chi connectivity index (χ0n) is 19.9. The first kappa shape index (κ1) is 26.2. The predicted molar refractivity (Wildman–Crippen MR) is 123 cm³/mol. The van der Waals surface area contributed by atoms with Crippen LogP contribution < -0.4 is 0 Å². The van der Waals surface area contributed by atoms with E-state index in [1.54, 1.807) is 18.9 Å². The van der Waals surface area contributed by atoms with E-state index in [9.17, 15) is 32.3 Å². The molecule has 1 aromatic heterocycles. The number of fused-ring (bicyclic) bond motifs is 1. The third-order valence-electron chi connectivity index (χ3n) is 7.44. The smallest absolute Gasteiger partial charge is 0.435 e. The van der Waals surface area contributed by atoms with Crippen LogP contribution in [0.5, 0.6) is 0 Å². The summed E-state index contributed by atoms with van der Waals surface area (Å²) in [5.74, 6) is -1.52. The van der Waals surface area contributed by atoms with Crippen LogP contribution in [0.3, 0.4) is 0 Å². The van der Waals surface area contributed by atoms with E-state index in [4.69, 9.17) is 11.6 Å². The second kappa shape index (κ2) is 9.57. The number of amides is 2. The van der Waals surface area contributed by atoms with Gasteiger partial charge in [-0.1, -0.05) is 17.7 Å². The van der Waals surface area contributed by atoms with Crippen molar-refractivity contribution < 1.29 is 32.3 Å². The van der Waals surface area contributed by atoms with Crippen molar-refractivity contribution in [2.24, 2.45) is 5.41 Å². The number of carbonyl (C=O) groups is 2. The summed E-state index contributed by atoms with van der Waals surface area (Å²) in [4.78, 5) is 27.8. The van der Waals surface area contributed by atoms with Gasteiger partial charge < -0.3 is 14.9 Å². The Bertz CT molecular complexity index is 1170. The van der Waals surface area contributed by atoms with E-state index in [1.165, 1.54) is 17.0 Å². The molecular formula is C24H27ClF4N4O3. The summed E-state index contributed by atoms with van der Waals surface area (Å²) in [6.07, 6.45) is -2.80. The number of aliphatic carboxylic acids is 1. The Labute approximate surface area is 210 Å². The Kier molecular flexibility index (Phi) is 6.98. The maximum absolute atomic E-state index is 14.4. The Balaban J connectivity index is 1.55. The first-order valence-corrected chi connectivity index (χ1v) is 12.0. The number of urea groups is 1. The van der Waals surface area contributed by atoms with Gasteiger partial charge in [0.15, 0.2) is 5.69 Å². The molecule has 0 bridgehead atoms. The van der Waals surface area contributed by atoms with Gasteiger partial charge in [0.2, 0.25) is 0 Å². The molecule has 36 heavy (non-hydrogen) atoms. The molecule has 1 saturated carbocycles. The molecule has 1 N–H and O–H groups in total. The Morgan fingerprint density at radius 2 is 1.94 bits per heavy atom. The van der Waals surface area contributed by atoms with E-state index in [0.717, 1.165) is 10.7 Å². The molecule has 2 amide bonds. The molecule has 2 aromatic rings. The van der Waals surface area contributed by atoms with Gasteiger partial charge in [0.25, 0.3) is 0 Å². The fourth-order valence-corrected chi connectivity index (χ4v) is 5.19. The van der Waals surface area contributed by atoms with Gasteiger partial charge in [-0.2, -0.15) is 18.3 Å². The van der Waals surface area contributed by atoms with Gasteiger partial charge >= 0.3 is 18.2 Å². The van der Waals surface area contributed by atoms with Crippen molar-refractivity contribution >= 4 is 23.6 Å². The molecule has 1 aliphatic heterocycles. The number of carbonyl (C=O) groups excluding carboxylic acids is 1. The van der Waals surface area contributed by atoms with Crippen LogP contribution >= 0.6 is 11.6 Å². The zero-order valence-corrected chi connectivity index (χ0v) is 20.7. The van der Waals surface area contributed by atoms with Gasteiger partial charge in [-0.15, -0.1) is 0 Å². The van der Waals surface area contributed by atoms with E-state index in [-0.39, 0.29) is 60.0 Å². The summed E-state index contributed by atoms with van der Waals surface area (Å²) in [5.41, 5.74) is -1.49. The summed E-state index contributed by atoms with van der Waals surface area (Å²) in [7, 11) is 1.63. The Hall–Kier alpha value is -2.82. The van der Waals surface area contributed by atoms with Crippen molar-refractivity contribution in [2.45, 2.75) is 64.3 Å². The average molecular weight is 531 g/mol. The molecule has 0 spiro atoms. The molecule has 2 heterocycles. The average Bonchev–Trinajstić information content (AvgIpc) is 3.18. The Morgan fingerprint density at radius 1 is 1.28 bits per heavy atom. The minimum atomic E-state index is -4.68. The molecule has 7 nitrogen and oxygen atoms in total. The van der Waals surface area contributed by atoms with Crippen LogP contribution in [0.25, 0.3) is 0 Å². The molecule has 0 radical (unpaired) electrons. The van der Waals surface area contributed by atoms with Crippen LogP contribution in [0.15, 0.2) is 18.2 Å². The van der Waals surface area contributed by atoms with Gasteiger partial charge in [0, 0.05) is 35.8 Å². The standard InChI is InChI=1S/C24H27ClF4N4O3/c1-23(21(34)35)8-5-16(6-9-23)31(2)22(36)32-10-7-17-19(13-32)33(30-20(17)24(27,28)29)12-14-3-4-15(25)11-18(14)26/h3-4,11,16H,5-10,12-13H2,1-2H3,(H,34,35). The topological polar surface area (TPSA) is 78.7 Å². The van der Waals surface area contributed by atoms with Crippen LogP contribution in [0.2, 0.25) is 5.02 Å². The van der Waals surface area contributed by atoms with E-state index < -0.39 is 29.1 Å². The van der Waals surface area contributed by atoms with Crippen molar-refractivity contribution in [3.63, 3.8) is 0 Å². The normalized spacial score (nSPS) is 22.3. The highest BCUT2D eigenvalue weighted by Crippen LogP contribution is 2.39. The molecule has 2 aliphatic rings. The van der Waals surface area contributed by atoms with E-state index >= 15 is 0 Å². The number of nitrogens with zero attached hydrogens (tertiary/aromatic N) is 4. The summed E-state index contributed by atoms with van der Waals surface area (Å²) in [6.45, 7) is 1.44. The zero-order chi connectivity index (χ0) is 26.4. The SMILES string of the molecule is CN(C(=O)N1CCc2c(C(F)(F)F)nn(Cc3ccc(Cl)cc3F)c2C1)C1CCC(C)(C(=O)O)CC1. The van der Waals surface area contributed by atoms with Crippen molar-refractivity contribution in [1.29, 1.82) is 0 Å². The lowest BCUT2D eigenvalue weighted by atomic mass is 9.74. The van der Waals surface area contributed by atoms with Crippen LogP contribution in [0, 0.1) is 11.2 Å². The lowest BCUT2D eigenvalue weighted by molar-refractivity contribution is -0.150. The van der Waals surface area contributed by atoms with E-state index in [2.05, 4.69) is 5.10 Å². The highest BCUT2D eigenvalue weighted by molar-refractivity contribution is 6.30. The minimum absolute atomic E-state index is 0.0125. The van der Waals surface area contributed by atoms with E-state index in [0.29, 0.717) is 25.7 Å². The predicted octanol–water partition coefficient (Wildman–Crippen LogP) is 5.19. The maximum atomic E-state index is 14.4. The largest absolute Gasteiger partial charge is 0.481 e. The Morgan fingerprint density at radius 3 is 2.53 bits per heavy atom. The number of hydrogen-bond acceptors (Lipinski definition) is 3. The lowest BCUT2D eigenvalue weighted by Crippen LogP contribution is -2.50. The number of halogens is 5. The summed E-state index contributed by atoms with van der Waals surface area (Å²) in [6, 6.07) is 3.42. The van der Waals surface area contributed by atoms with Crippen LogP contribution in [-0.4, -0.2) is 56.3 Å². The van der Waals surface area contributed by atoms with Crippen molar-refractivity contribution in [1.82, 2.24) is 19.6 Å². The summed E-state index contributed by atoms with van der Waals surface area (Å²) >= 11 is 5.79. The highest BCUT2D eigenvalue weighted by atomic mass is 35.5.